The summed E-state index contributed by atoms with van der Waals surface area (Å²) in [5, 5.41) is 11.2. The number of ether oxygens (including phenoxy) is 1. The van der Waals surface area contributed by atoms with Crippen LogP contribution < -0.4 is 4.74 Å². The minimum atomic E-state index is -0.572. The Bertz CT molecular complexity index is 573. The topological polar surface area (TPSA) is 72.7 Å². The van der Waals surface area contributed by atoms with Crippen molar-refractivity contribution in [3.8, 4) is 5.75 Å². The van der Waals surface area contributed by atoms with Crippen molar-refractivity contribution in [3.05, 3.63) is 33.3 Å². The number of nitrogens with zero attached hydrogens (tertiary/aromatic N) is 2. The highest BCUT2D eigenvalue weighted by molar-refractivity contribution is 6.30. The Labute approximate surface area is 140 Å². The molecule has 0 N–H and O–H groups in total. The Morgan fingerprint density at radius 3 is 2.74 bits per heavy atom. The predicted octanol–water partition coefficient (Wildman–Crippen LogP) is 3.67. The van der Waals surface area contributed by atoms with Crippen molar-refractivity contribution in [2.75, 3.05) is 20.2 Å². The van der Waals surface area contributed by atoms with Crippen LogP contribution in [0.1, 0.15) is 32.1 Å². The Balaban J connectivity index is 1.89. The number of halogens is 1. The van der Waals surface area contributed by atoms with Gasteiger partial charge in [0.1, 0.15) is 0 Å². The van der Waals surface area contributed by atoms with Crippen molar-refractivity contribution in [3.63, 3.8) is 0 Å². The van der Waals surface area contributed by atoms with Crippen LogP contribution in [0.4, 0.5) is 5.69 Å². The second-order valence-electron chi connectivity index (χ2n) is 5.94. The van der Waals surface area contributed by atoms with Crippen LogP contribution in [-0.2, 0) is 4.79 Å². The Morgan fingerprint density at radius 2 is 2.09 bits per heavy atom. The van der Waals surface area contributed by atoms with E-state index in [1.165, 1.54) is 37.5 Å². The standard InChI is InChI=1S/C16H21ClN2O4/c1-18(10-12-5-3-2-4-6-12)16(20)11-23-15-8-7-13(17)9-14(15)19(21)22/h7-9,12H,2-6,10-11H2,1H3. The molecule has 0 aliphatic heterocycles. The molecular formula is C16H21ClN2O4. The van der Waals surface area contributed by atoms with E-state index in [1.807, 2.05) is 0 Å². The monoisotopic (exact) mass is 340 g/mol. The van der Waals surface area contributed by atoms with Gasteiger partial charge in [-0.25, -0.2) is 0 Å². The first-order valence-electron chi connectivity index (χ1n) is 7.78. The van der Waals surface area contributed by atoms with Gasteiger partial charge in [0.15, 0.2) is 12.4 Å². The fourth-order valence-corrected chi connectivity index (χ4v) is 3.03. The molecule has 0 heterocycles. The minimum Gasteiger partial charge on any atom is -0.477 e. The number of amides is 1. The van der Waals surface area contributed by atoms with Gasteiger partial charge in [-0.15, -0.1) is 0 Å². The molecule has 1 aromatic rings. The number of likely N-dealkylation sites (N-methyl/N-ethyl adjacent to an activating group) is 1. The molecule has 0 atom stereocenters. The van der Waals surface area contributed by atoms with Gasteiger partial charge in [0.2, 0.25) is 0 Å². The Morgan fingerprint density at radius 1 is 1.39 bits per heavy atom. The summed E-state index contributed by atoms with van der Waals surface area (Å²) in [6.07, 6.45) is 6.03. The van der Waals surface area contributed by atoms with Crippen LogP contribution in [0.3, 0.4) is 0 Å². The molecule has 0 radical (unpaired) electrons. The molecule has 0 saturated heterocycles. The quantitative estimate of drug-likeness (QED) is 0.585. The van der Waals surface area contributed by atoms with Gasteiger partial charge in [0, 0.05) is 24.7 Å². The van der Waals surface area contributed by atoms with E-state index < -0.39 is 4.92 Å². The lowest BCUT2D eigenvalue weighted by Crippen LogP contribution is -2.35. The summed E-state index contributed by atoms with van der Waals surface area (Å²) in [4.78, 5) is 24.2. The molecular weight excluding hydrogens is 320 g/mol. The summed E-state index contributed by atoms with van der Waals surface area (Å²) >= 11 is 5.75. The van der Waals surface area contributed by atoms with Gasteiger partial charge in [-0.1, -0.05) is 30.9 Å². The van der Waals surface area contributed by atoms with Crippen LogP contribution in [-0.4, -0.2) is 35.9 Å². The fourth-order valence-electron chi connectivity index (χ4n) is 2.86. The van der Waals surface area contributed by atoms with Crippen molar-refractivity contribution < 1.29 is 14.5 Å². The summed E-state index contributed by atoms with van der Waals surface area (Å²) < 4.78 is 5.33. The first-order chi connectivity index (χ1) is 11.0. The van der Waals surface area contributed by atoms with E-state index in [1.54, 1.807) is 11.9 Å². The van der Waals surface area contributed by atoms with Gasteiger partial charge in [-0.05, 0) is 30.9 Å². The lowest BCUT2D eigenvalue weighted by atomic mass is 9.89. The molecule has 1 aliphatic rings. The molecule has 0 bridgehead atoms. The lowest BCUT2D eigenvalue weighted by molar-refractivity contribution is -0.385. The van der Waals surface area contributed by atoms with Crippen molar-refractivity contribution in [2.45, 2.75) is 32.1 Å². The molecule has 1 aromatic carbocycles. The summed E-state index contributed by atoms with van der Waals surface area (Å²) in [5.74, 6) is 0.418. The number of carbonyl (C=O) groups excluding carboxylic acids is 1. The van der Waals surface area contributed by atoms with E-state index >= 15 is 0 Å². The lowest BCUT2D eigenvalue weighted by Gasteiger charge is -2.27. The molecule has 2 rings (SSSR count). The zero-order chi connectivity index (χ0) is 16.8. The highest BCUT2D eigenvalue weighted by Gasteiger charge is 2.20. The molecule has 1 amide bonds. The van der Waals surface area contributed by atoms with Crippen LogP contribution in [0.25, 0.3) is 0 Å². The zero-order valence-electron chi connectivity index (χ0n) is 13.2. The third-order valence-electron chi connectivity index (χ3n) is 4.15. The van der Waals surface area contributed by atoms with E-state index in [2.05, 4.69) is 0 Å². The number of hydrogen-bond acceptors (Lipinski definition) is 4. The summed E-state index contributed by atoms with van der Waals surface area (Å²) in [6, 6.07) is 4.13. The second-order valence-corrected chi connectivity index (χ2v) is 6.37. The number of rotatable bonds is 6. The number of carbonyl (C=O) groups is 1. The van der Waals surface area contributed by atoms with Gasteiger partial charge >= 0.3 is 5.69 Å². The van der Waals surface area contributed by atoms with Crippen LogP contribution in [0, 0.1) is 16.0 Å². The van der Waals surface area contributed by atoms with Gasteiger partial charge in [0.25, 0.3) is 5.91 Å². The minimum absolute atomic E-state index is 0.0545. The van der Waals surface area contributed by atoms with Crippen molar-refractivity contribution in [1.82, 2.24) is 4.90 Å². The SMILES string of the molecule is CN(CC1CCCCC1)C(=O)COc1ccc(Cl)cc1[N+](=O)[O-]. The Kier molecular flexibility index (Phi) is 6.21. The number of benzene rings is 1. The molecule has 1 aliphatic carbocycles. The largest absolute Gasteiger partial charge is 0.477 e. The first kappa shape index (κ1) is 17.5. The molecule has 0 aromatic heterocycles. The number of nitro benzene ring substituents is 1. The molecule has 1 saturated carbocycles. The van der Waals surface area contributed by atoms with Crippen molar-refractivity contribution in [2.24, 2.45) is 5.92 Å². The maximum Gasteiger partial charge on any atom is 0.312 e. The van der Waals surface area contributed by atoms with Crippen LogP contribution in [0.15, 0.2) is 18.2 Å². The van der Waals surface area contributed by atoms with E-state index in [9.17, 15) is 14.9 Å². The third-order valence-corrected chi connectivity index (χ3v) is 4.39. The molecule has 6 nitrogen and oxygen atoms in total. The predicted molar refractivity (Wildman–Crippen MR) is 87.8 cm³/mol. The van der Waals surface area contributed by atoms with E-state index in [-0.39, 0.29) is 29.0 Å². The number of nitro groups is 1. The summed E-state index contributed by atoms with van der Waals surface area (Å²) in [6.45, 7) is 0.497. The summed E-state index contributed by atoms with van der Waals surface area (Å²) in [5.41, 5.74) is -0.236. The van der Waals surface area contributed by atoms with Crippen molar-refractivity contribution >= 4 is 23.2 Å². The van der Waals surface area contributed by atoms with E-state index in [0.29, 0.717) is 12.5 Å². The number of hydrogen-bond donors (Lipinski definition) is 0. The molecule has 1 fully saturated rings. The molecule has 23 heavy (non-hydrogen) atoms. The molecule has 126 valence electrons. The molecule has 7 heteroatoms. The molecule has 0 unspecified atom stereocenters. The average molecular weight is 341 g/mol. The summed E-state index contributed by atoms with van der Waals surface area (Å²) in [7, 11) is 1.75. The zero-order valence-corrected chi connectivity index (χ0v) is 13.9. The normalized spacial score (nSPS) is 15.2. The maximum atomic E-state index is 12.1. The van der Waals surface area contributed by atoms with E-state index in [4.69, 9.17) is 16.3 Å². The van der Waals surface area contributed by atoms with Crippen LogP contribution in [0.2, 0.25) is 5.02 Å². The maximum absolute atomic E-state index is 12.1. The Hall–Kier alpha value is -1.82. The smallest absolute Gasteiger partial charge is 0.312 e. The van der Waals surface area contributed by atoms with Gasteiger partial charge < -0.3 is 9.64 Å². The fraction of sp³-hybridized carbons (Fsp3) is 0.562. The average Bonchev–Trinajstić information content (AvgIpc) is 2.54. The highest BCUT2D eigenvalue weighted by Crippen LogP contribution is 2.30. The second kappa shape index (κ2) is 8.15. The van der Waals surface area contributed by atoms with Crippen LogP contribution >= 0.6 is 11.6 Å². The van der Waals surface area contributed by atoms with Gasteiger partial charge in [-0.2, -0.15) is 0 Å². The highest BCUT2D eigenvalue weighted by atomic mass is 35.5. The van der Waals surface area contributed by atoms with Gasteiger partial charge in [-0.3, -0.25) is 14.9 Å². The first-order valence-corrected chi connectivity index (χ1v) is 8.16. The van der Waals surface area contributed by atoms with Gasteiger partial charge in [0.05, 0.1) is 4.92 Å². The van der Waals surface area contributed by atoms with Crippen molar-refractivity contribution in [1.29, 1.82) is 0 Å². The third kappa shape index (κ3) is 5.10. The molecule has 0 spiro atoms. The van der Waals surface area contributed by atoms with Crippen LogP contribution in [0.5, 0.6) is 5.75 Å². The van der Waals surface area contributed by atoms with E-state index in [0.717, 1.165) is 12.8 Å².